The van der Waals surface area contributed by atoms with E-state index >= 15 is 0 Å². The Morgan fingerprint density at radius 2 is 1.65 bits per heavy atom. The fourth-order valence-electron chi connectivity index (χ4n) is 2.77. The molecule has 1 aromatic carbocycles. The van der Waals surface area contributed by atoms with Gasteiger partial charge in [0.25, 0.3) is 0 Å². The van der Waals surface area contributed by atoms with Crippen LogP contribution < -0.4 is 14.8 Å². The lowest BCUT2D eigenvalue weighted by molar-refractivity contribution is -0.274. The SMILES string of the molecule is O=C(CNS(=O)(=O)c1ccc(OC(F)(F)F)cc1)NC1CCCCCC1. The average Bonchev–Trinajstić information content (AvgIpc) is 2.81. The summed E-state index contributed by atoms with van der Waals surface area (Å²) in [7, 11) is -4.01. The second-order valence-electron chi connectivity index (χ2n) is 6.10. The third-order valence-corrected chi connectivity index (χ3v) is 5.43. The Morgan fingerprint density at radius 3 is 2.19 bits per heavy atom. The topological polar surface area (TPSA) is 84.5 Å². The van der Waals surface area contributed by atoms with Crippen LogP contribution in [0.5, 0.6) is 5.75 Å². The van der Waals surface area contributed by atoms with Gasteiger partial charge in [-0.15, -0.1) is 13.2 Å². The Kier molecular flexibility index (Phi) is 6.87. The molecule has 2 rings (SSSR count). The van der Waals surface area contributed by atoms with E-state index in [1.807, 2.05) is 0 Å². The normalized spacial score (nSPS) is 16.7. The minimum Gasteiger partial charge on any atom is -0.406 e. The maximum absolute atomic E-state index is 12.1. The number of carbonyl (C=O) groups excluding carboxylic acids is 1. The Balaban J connectivity index is 1.88. The standard InChI is InChI=1S/C16H21F3N2O4S/c17-16(18,19)25-13-7-9-14(10-8-13)26(23,24)20-11-15(22)21-12-5-3-1-2-4-6-12/h7-10,12,20H,1-6,11H2,(H,21,22). The van der Waals surface area contributed by atoms with Gasteiger partial charge in [-0.05, 0) is 37.1 Å². The molecule has 0 heterocycles. The van der Waals surface area contributed by atoms with Crippen LogP contribution in [0.25, 0.3) is 0 Å². The fourth-order valence-corrected chi connectivity index (χ4v) is 3.75. The molecule has 0 spiro atoms. The van der Waals surface area contributed by atoms with Gasteiger partial charge in [-0.1, -0.05) is 25.7 Å². The first-order valence-corrected chi connectivity index (χ1v) is 9.79. The largest absolute Gasteiger partial charge is 0.573 e. The highest BCUT2D eigenvalue weighted by molar-refractivity contribution is 7.89. The highest BCUT2D eigenvalue weighted by Crippen LogP contribution is 2.23. The lowest BCUT2D eigenvalue weighted by Gasteiger charge is -2.16. The number of alkyl halides is 3. The zero-order chi connectivity index (χ0) is 19.2. The van der Waals surface area contributed by atoms with Crippen molar-refractivity contribution < 1.29 is 31.1 Å². The number of nitrogens with one attached hydrogen (secondary N) is 2. The lowest BCUT2D eigenvalue weighted by atomic mass is 10.1. The molecule has 2 N–H and O–H groups in total. The van der Waals surface area contributed by atoms with Crippen molar-refractivity contribution in [2.45, 2.75) is 55.8 Å². The van der Waals surface area contributed by atoms with E-state index in [4.69, 9.17) is 0 Å². The number of sulfonamides is 1. The number of carbonyl (C=O) groups is 1. The molecule has 0 unspecified atom stereocenters. The predicted octanol–water partition coefficient (Wildman–Crippen LogP) is 2.70. The van der Waals surface area contributed by atoms with Gasteiger partial charge in [0, 0.05) is 6.04 Å². The van der Waals surface area contributed by atoms with Gasteiger partial charge in [0.2, 0.25) is 15.9 Å². The second kappa shape index (κ2) is 8.72. The molecule has 10 heteroatoms. The number of hydrogen-bond donors (Lipinski definition) is 2. The van der Waals surface area contributed by atoms with E-state index in [9.17, 15) is 26.4 Å². The van der Waals surface area contributed by atoms with Gasteiger partial charge in [-0.3, -0.25) is 4.79 Å². The van der Waals surface area contributed by atoms with Crippen LogP contribution in [-0.2, 0) is 14.8 Å². The van der Waals surface area contributed by atoms with E-state index in [1.165, 1.54) is 0 Å². The molecule has 1 amide bonds. The third-order valence-electron chi connectivity index (χ3n) is 4.01. The Morgan fingerprint density at radius 1 is 1.08 bits per heavy atom. The van der Waals surface area contributed by atoms with Crippen LogP contribution in [-0.4, -0.2) is 33.3 Å². The maximum atomic E-state index is 12.1. The van der Waals surface area contributed by atoms with Gasteiger partial charge < -0.3 is 10.1 Å². The van der Waals surface area contributed by atoms with Crippen LogP contribution in [0.15, 0.2) is 29.2 Å². The summed E-state index contributed by atoms with van der Waals surface area (Å²) in [6, 6.07) is 3.80. The molecule has 1 saturated carbocycles. The quantitative estimate of drug-likeness (QED) is 0.727. The summed E-state index contributed by atoms with van der Waals surface area (Å²) in [5, 5.41) is 2.81. The van der Waals surface area contributed by atoms with Gasteiger partial charge in [0.15, 0.2) is 0 Å². The monoisotopic (exact) mass is 394 g/mol. The maximum Gasteiger partial charge on any atom is 0.573 e. The number of rotatable bonds is 6. The molecule has 6 nitrogen and oxygen atoms in total. The molecule has 0 bridgehead atoms. The van der Waals surface area contributed by atoms with Gasteiger partial charge >= 0.3 is 6.36 Å². The van der Waals surface area contributed by atoms with Crippen molar-refractivity contribution in [3.05, 3.63) is 24.3 Å². The van der Waals surface area contributed by atoms with Gasteiger partial charge in [0.05, 0.1) is 11.4 Å². The average molecular weight is 394 g/mol. The first kappa shape index (κ1) is 20.5. The number of halogens is 3. The third kappa shape index (κ3) is 6.83. The summed E-state index contributed by atoms with van der Waals surface area (Å²) < 4.78 is 66.4. The highest BCUT2D eigenvalue weighted by atomic mass is 32.2. The van der Waals surface area contributed by atoms with Crippen LogP contribution >= 0.6 is 0 Å². The summed E-state index contributed by atoms with van der Waals surface area (Å²) in [4.78, 5) is 11.7. The van der Waals surface area contributed by atoms with Crippen LogP contribution in [0, 0.1) is 0 Å². The summed E-state index contributed by atoms with van der Waals surface area (Å²) in [5.74, 6) is -0.958. The molecule has 1 fully saturated rings. The first-order valence-electron chi connectivity index (χ1n) is 8.30. The van der Waals surface area contributed by atoms with Gasteiger partial charge in [-0.25, -0.2) is 13.1 Å². The van der Waals surface area contributed by atoms with Crippen molar-refractivity contribution in [1.82, 2.24) is 10.0 Å². The van der Waals surface area contributed by atoms with E-state index in [0.717, 1.165) is 62.8 Å². The van der Waals surface area contributed by atoms with E-state index in [2.05, 4.69) is 14.8 Å². The molecular formula is C16H21F3N2O4S. The smallest absolute Gasteiger partial charge is 0.406 e. The molecule has 1 aliphatic carbocycles. The summed E-state index contributed by atoms with van der Waals surface area (Å²) in [6.45, 7) is -0.431. The zero-order valence-electron chi connectivity index (χ0n) is 14.0. The number of ether oxygens (including phenoxy) is 1. The van der Waals surface area contributed by atoms with Crippen molar-refractivity contribution in [3.8, 4) is 5.75 Å². The van der Waals surface area contributed by atoms with Crippen molar-refractivity contribution >= 4 is 15.9 Å². The lowest BCUT2D eigenvalue weighted by Crippen LogP contribution is -2.41. The van der Waals surface area contributed by atoms with Crippen LogP contribution in [0.4, 0.5) is 13.2 Å². The van der Waals surface area contributed by atoms with Crippen molar-refractivity contribution in [1.29, 1.82) is 0 Å². The number of hydrogen-bond acceptors (Lipinski definition) is 4. The zero-order valence-corrected chi connectivity index (χ0v) is 14.8. The Labute approximate surface area is 150 Å². The summed E-state index contributed by atoms with van der Waals surface area (Å²) >= 11 is 0. The molecular weight excluding hydrogens is 373 g/mol. The van der Waals surface area contributed by atoms with E-state index < -0.39 is 34.6 Å². The molecule has 1 aromatic rings. The molecule has 0 saturated heterocycles. The van der Waals surface area contributed by atoms with E-state index in [1.54, 1.807) is 0 Å². The second-order valence-corrected chi connectivity index (χ2v) is 7.87. The van der Waals surface area contributed by atoms with Crippen molar-refractivity contribution in [3.63, 3.8) is 0 Å². The first-order chi connectivity index (χ1) is 12.2. The van der Waals surface area contributed by atoms with E-state index in [0.29, 0.717) is 0 Å². The van der Waals surface area contributed by atoms with Crippen molar-refractivity contribution in [2.75, 3.05) is 6.54 Å². The van der Waals surface area contributed by atoms with Crippen LogP contribution in [0.2, 0.25) is 0 Å². The molecule has 0 radical (unpaired) electrons. The number of amides is 1. The fraction of sp³-hybridized carbons (Fsp3) is 0.562. The number of benzene rings is 1. The molecule has 0 aromatic heterocycles. The highest BCUT2D eigenvalue weighted by Gasteiger charge is 2.31. The molecule has 1 aliphatic rings. The Bertz CT molecular complexity index is 697. The van der Waals surface area contributed by atoms with Crippen LogP contribution in [0.3, 0.4) is 0 Å². The predicted molar refractivity (Wildman–Crippen MR) is 87.9 cm³/mol. The minimum absolute atomic E-state index is 0.0494. The van der Waals surface area contributed by atoms with Crippen molar-refractivity contribution in [2.24, 2.45) is 0 Å². The summed E-state index contributed by atoms with van der Waals surface area (Å²) in [5.41, 5.74) is 0. The molecule has 0 aliphatic heterocycles. The minimum atomic E-state index is -4.85. The summed E-state index contributed by atoms with van der Waals surface area (Å²) in [6.07, 6.45) is 1.22. The molecule has 146 valence electrons. The molecule has 26 heavy (non-hydrogen) atoms. The van der Waals surface area contributed by atoms with Gasteiger partial charge in [-0.2, -0.15) is 0 Å². The van der Waals surface area contributed by atoms with Crippen LogP contribution in [0.1, 0.15) is 38.5 Å². The Hall–Kier alpha value is -1.81. The molecule has 0 atom stereocenters. The van der Waals surface area contributed by atoms with E-state index in [-0.39, 0.29) is 10.9 Å². The van der Waals surface area contributed by atoms with Gasteiger partial charge in [0.1, 0.15) is 5.75 Å².